The summed E-state index contributed by atoms with van der Waals surface area (Å²) in [5.41, 5.74) is 1.28. The number of hydrogen-bond acceptors (Lipinski definition) is 4. The third-order valence-electron chi connectivity index (χ3n) is 5.85. The highest BCUT2D eigenvalue weighted by Crippen LogP contribution is 2.25. The van der Waals surface area contributed by atoms with E-state index >= 15 is 0 Å². The average Bonchev–Trinajstić information content (AvgIpc) is 3.40. The Morgan fingerprint density at radius 1 is 1.09 bits per heavy atom. The Hall–Kier alpha value is -2.70. The van der Waals surface area contributed by atoms with E-state index < -0.39 is 6.04 Å². The molecule has 0 unspecified atom stereocenters. The fourth-order valence-electron chi connectivity index (χ4n) is 4.26. The van der Waals surface area contributed by atoms with E-state index in [2.05, 4.69) is 53.6 Å². The van der Waals surface area contributed by atoms with Crippen LogP contribution in [0.25, 0.3) is 10.1 Å². The molecule has 1 aromatic heterocycles. The zero-order valence-corrected chi connectivity index (χ0v) is 19.5. The molecule has 0 spiro atoms. The van der Waals surface area contributed by atoms with E-state index in [0.717, 1.165) is 36.1 Å². The molecule has 2 heterocycles. The van der Waals surface area contributed by atoms with Crippen molar-refractivity contribution in [1.82, 2.24) is 15.5 Å². The van der Waals surface area contributed by atoms with Crippen LogP contribution < -0.4 is 10.6 Å². The molecule has 1 aliphatic heterocycles. The van der Waals surface area contributed by atoms with Gasteiger partial charge in [0.15, 0.2) is 0 Å². The molecule has 6 heteroatoms. The van der Waals surface area contributed by atoms with Gasteiger partial charge in [0.2, 0.25) is 5.91 Å². The van der Waals surface area contributed by atoms with Gasteiger partial charge in [-0.1, -0.05) is 62.4 Å². The summed E-state index contributed by atoms with van der Waals surface area (Å²) in [5.74, 6) is 0.0375. The van der Waals surface area contributed by atoms with Gasteiger partial charge in [0.25, 0.3) is 5.91 Å². The van der Waals surface area contributed by atoms with Crippen LogP contribution in [0.3, 0.4) is 0 Å². The number of nitrogens with zero attached hydrogens (tertiary/aromatic N) is 1. The predicted octanol–water partition coefficient (Wildman–Crippen LogP) is 4.44. The standard InChI is InChI=1S/C26H31N3O2S/c1-18(2)14-22(28-26(31)24-15-20-10-6-7-11-23(20)32-24)25(30)27-21-12-13-29(17-21)16-19-8-4-3-5-9-19/h3-11,15,18,21-22H,12-14,16-17H2,1-2H3,(H,27,30)(H,28,31)/t21-,22-/m0/s1. The number of fused-ring (bicyclic) bond motifs is 1. The number of rotatable bonds is 8. The Balaban J connectivity index is 1.36. The summed E-state index contributed by atoms with van der Waals surface area (Å²) < 4.78 is 1.08. The molecule has 2 aromatic carbocycles. The van der Waals surface area contributed by atoms with Crippen LogP contribution in [-0.2, 0) is 11.3 Å². The zero-order valence-electron chi connectivity index (χ0n) is 18.7. The van der Waals surface area contributed by atoms with Gasteiger partial charge in [-0.2, -0.15) is 0 Å². The summed E-state index contributed by atoms with van der Waals surface area (Å²) in [6.07, 6.45) is 1.54. The van der Waals surface area contributed by atoms with Crippen molar-refractivity contribution >= 4 is 33.2 Å². The van der Waals surface area contributed by atoms with Crippen LogP contribution in [0.4, 0.5) is 0 Å². The van der Waals surface area contributed by atoms with Crippen LogP contribution in [0.15, 0.2) is 60.7 Å². The van der Waals surface area contributed by atoms with Crippen LogP contribution in [0.1, 0.15) is 41.9 Å². The molecule has 168 valence electrons. The summed E-state index contributed by atoms with van der Waals surface area (Å²) in [7, 11) is 0. The van der Waals surface area contributed by atoms with Crippen molar-refractivity contribution in [3.8, 4) is 0 Å². The second kappa shape index (κ2) is 10.3. The maximum Gasteiger partial charge on any atom is 0.262 e. The molecule has 1 saturated heterocycles. The Morgan fingerprint density at radius 2 is 1.84 bits per heavy atom. The summed E-state index contributed by atoms with van der Waals surface area (Å²) in [5, 5.41) is 7.24. The lowest BCUT2D eigenvalue weighted by Crippen LogP contribution is -2.50. The van der Waals surface area contributed by atoms with Crippen LogP contribution in [0.2, 0.25) is 0 Å². The van der Waals surface area contributed by atoms with Crippen molar-refractivity contribution < 1.29 is 9.59 Å². The minimum Gasteiger partial charge on any atom is -0.350 e. The first kappa shape index (κ1) is 22.5. The SMILES string of the molecule is CC(C)C[C@H](NC(=O)c1cc2ccccc2s1)C(=O)N[C@H]1CCN(Cc2ccccc2)C1. The molecule has 0 bridgehead atoms. The zero-order chi connectivity index (χ0) is 22.5. The number of benzene rings is 2. The minimum atomic E-state index is -0.532. The van der Waals surface area contributed by atoms with E-state index in [1.165, 1.54) is 16.9 Å². The van der Waals surface area contributed by atoms with Gasteiger partial charge in [-0.05, 0) is 41.8 Å². The van der Waals surface area contributed by atoms with Crippen molar-refractivity contribution in [3.63, 3.8) is 0 Å². The number of amides is 2. The first-order chi connectivity index (χ1) is 15.5. The molecule has 3 aromatic rings. The summed E-state index contributed by atoms with van der Waals surface area (Å²) in [4.78, 5) is 29.0. The summed E-state index contributed by atoms with van der Waals surface area (Å²) >= 11 is 1.46. The number of nitrogens with one attached hydrogen (secondary N) is 2. The molecular formula is C26H31N3O2S. The lowest BCUT2D eigenvalue weighted by Gasteiger charge is -2.22. The largest absolute Gasteiger partial charge is 0.350 e. The van der Waals surface area contributed by atoms with Gasteiger partial charge in [-0.25, -0.2) is 0 Å². The van der Waals surface area contributed by atoms with E-state index in [9.17, 15) is 9.59 Å². The molecule has 1 aliphatic rings. The molecule has 1 fully saturated rings. The van der Waals surface area contributed by atoms with Crippen molar-refractivity contribution in [2.45, 2.75) is 45.3 Å². The molecule has 2 amide bonds. The number of thiophene rings is 1. The van der Waals surface area contributed by atoms with Crippen molar-refractivity contribution in [1.29, 1.82) is 0 Å². The van der Waals surface area contributed by atoms with Crippen LogP contribution in [0, 0.1) is 5.92 Å². The number of carbonyl (C=O) groups is 2. The molecule has 32 heavy (non-hydrogen) atoms. The highest BCUT2D eigenvalue weighted by atomic mass is 32.1. The molecule has 0 radical (unpaired) electrons. The van der Waals surface area contributed by atoms with Crippen LogP contribution in [0.5, 0.6) is 0 Å². The monoisotopic (exact) mass is 449 g/mol. The summed E-state index contributed by atoms with van der Waals surface area (Å²) in [6.45, 7) is 6.83. The van der Waals surface area contributed by atoms with Crippen molar-refractivity contribution in [2.75, 3.05) is 13.1 Å². The fraction of sp³-hybridized carbons (Fsp3) is 0.385. The number of hydrogen-bond donors (Lipinski definition) is 2. The van der Waals surface area contributed by atoms with Crippen LogP contribution in [-0.4, -0.2) is 41.9 Å². The van der Waals surface area contributed by atoms with Crippen molar-refractivity contribution in [3.05, 3.63) is 71.1 Å². The molecule has 0 aliphatic carbocycles. The van der Waals surface area contributed by atoms with Gasteiger partial charge in [0.05, 0.1) is 4.88 Å². The lowest BCUT2D eigenvalue weighted by molar-refractivity contribution is -0.124. The van der Waals surface area contributed by atoms with Gasteiger partial charge >= 0.3 is 0 Å². The van der Waals surface area contributed by atoms with E-state index in [4.69, 9.17) is 0 Å². The smallest absolute Gasteiger partial charge is 0.262 e. The minimum absolute atomic E-state index is 0.0836. The average molecular weight is 450 g/mol. The van der Waals surface area contributed by atoms with Crippen molar-refractivity contribution in [2.24, 2.45) is 5.92 Å². The third kappa shape index (κ3) is 5.75. The Labute approximate surface area is 193 Å². The summed E-state index contributed by atoms with van der Waals surface area (Å²) in [6, 6.07) is 19.8. The molecule has 2 N–H and O–H groups in total. The highest BCUT2D eigenvalue weighted by molar-refractivity contribution is 7.20. The predicted molar refractivity (Wildman–Crippen MR) is 131 cm³/mol. The van der Waals surface area contributed by atoms with Gasteiger partial charge < -0.3 is 10.6 Å². The maximum absolute atomic E-state index is 13.1. The normalized spacial score (nSPS) is 17.5. The van der Waals surface area contributed by atoms with Gasteiger partial charge in [-0.15, -0.1) is 11.3 Å². The number of likely N-dealkylation sites (tertiary alicyclic amines) is 1. The maximum atomic E-state index is 13.1. The molecule has 0 saturated carbocycles. The second-order valence-electron chi connectivity index (χ2n) is 9.02. The number of carbonyl (C=O) groups excluding carboxylic acids is 2. The lowest BCUT2D eigenvalue weighted by atomic mass is 10.0. The fourth-order valence-corrected chi connectivity index (χ4v) is 5.23. The first-order valence-corrected chi connectivity index (χ1v) is 12.2. The third-order valence-corrected chi connectivity index (χ3v) is 6.96. The second-order valence-corrected chi connectivity index (χ2v) is 10.1. The van der Waals surface area contributed by atoms with Crippen LogP contribution >= 0.6 is 11.3 Å². The molecular weight excluding hydrogens is 418 g/mol. The Bertz CT molecular complexity index is 1030. The van der Waals surface area contributed by atoms with E-state index in [0.29, 0.717) is 17.2 Å². The highest BCUT2D eigenvalue weighted by Gasteiger charge is 2.28. The first-order valence-electron chi connectivity index (χ1n) is 11.3. The van der Waals surface area contributed by atoms with E-state index in [-0.39, 0.29) is 17.9 Å². The van der Waals surface area contributed by atoms with E-state index in [1.54, 1.807) is 0 Å². The quantitative estimate of drug-likeness (QED) is 0.535. The van der Waals surface area contributed by atoms with Gasteiger partial charge in [0, 0.05) is 30.4 Å². The van der Waals surface area contributed by atoms with Gasteiger partial charge in [0.1, 0.15) is 6.04 Å². The Morgan fingerprint density at radius 3 is 2.59 bits per heavy atom. The Kier molecular flexibility index (Phi) is 7.22. The van der Waals surface area contributed by atoms with E-state index in [1.807, 2.05) is 36.4 Å². The van der Waals surface area contributed by atoms with Gasteiger partial charge in [-0.3, -0.25) is 14.5 Å². The molecule has 2 atom stereocenters. The molecule has 4 rings (SSSR count). The molecule has 5 nitrogen and oxygen atoms in total. The topological polar surface area (TPSA) is 61.4 Å².